The van der Waals surface area contributed by atoms with Crippen LogP contribution in [0, 0.1) is 0 Å². The van der Waals surface area contributed by atoms with Gasteiger partial charge in [-0.25, -0.2) is 0 Å². The highest BCUT2D eigenvalue weighted by Crippen LogP contribution is 2.36. The van der Waals surface area contributed by atoms with Crippen molar-refractivity contribution in [3.05, 3.63) is 53.6 Å². The molecule has 0 saturated heterocycles. The number of benzene rings is 2. The lowest BCUT2D eigenvalue weighted by molar-refractivity contribution is 0.140. The Kier molecular flexibility index (Phi) is 5.70. The summed E-state index contributed by atoms with van der Waals surface area (Å²) in [6.45, 7) is 2.05. The minimum atomic E-state index is -0.927. The molecule has 0 spiro atoms. The maximum Gasteiger partial charge on any atom is 0.160 e. The van der Waals surface area contributed by atoms with Gasteiger partial charge in [0.15, 0.2) is 11.5 Å². The molecule has 5 nitrogen and oxygen atoms in total. The highest BCUT2D eigenvalue weighted by atomic mass is 16.5. The van der Waals surface area contributed by atoms with Crippen LogP contribution in [0.15, 0.2) is 42.5 Å². The zero-order chi connectivity index (χ0) is 17.7. The van der Waals surface area contributed by atoms with Crippen LogP contribution < -0.4 is 15.2 Å². The van der Waals surface area contributed by atoms with Gasteiger partial charge in [-0.3, -0.25) is 0 Å². The van der Waals surface area contributed by atoms with Crippen LogP contribution in [0.4, 0.5) is 0 Å². The predicted octanol–water partition coefficient (Wildman–Crippen LogP) is 2.58. The van der Waals surface area contributed by atoms with Crippen LogP contribution in [0.1, 0.15) is 24.5 Å². The van der Waals surface area contributed by atoms with Crippen molar-refractivity contribution in [2.45, 2.75) is 31.4 Å². The van der Waals surface area contributed by atoms with Crippen molar-refractivity contribution >= 4 is 0 Å². The number of aromatic hydroxyl groups is 1. The van der Waals surface area contributed by atoms with Gasteiger partial charge in [-0.05, 0) is 48.2 Å². The van der Waals surface area contributed by atoms with Gasteiger partial charge in [-0.1, -0.05) is 25.1 Å². The van der Waals surface area contributed by atoms with Gasteiger partial charge >= 0.3 is 0 Å². The summed E-state index contributed by atoms with van der Waals surface area (Å²) in [6.07, 6.45) is 0.127. The van der Waals surface area contributed by atoms with Crippen molar-refractivity contribution in [2.75, 3.05) is 14.2 Å². The van der Waals surface area contributed by atoms with Gasteiger partial charge in [0.25, 0.3) is 0 Å². The number of ether oxygens (including phenoxy) is 2. The number of nitrogens with two attached hydrogens (primary N) is 1. The molecule has 0 saturated carbocycles. The van der Waals surface area contributed by atoms with Gasteiger partial charge < -0.3 is 25.4 Å². The van der Waals surface area contributed by atoms with E-state index < -0.39 is 6.23 Å². The highest BCUT2D eigenvalue weighted by molar-refractivity contribution is 5.44. The maximum absolute atomic E-state index is 9.75. The lowest BCUT2D eigenvalue weighted by Gasteiger charge is -2.32. The fraction of sp³-hybridized carbons (Fsp3) is 0.368. The van der Waals surface area contributed by atoms with Gasteiger partial charge in [0.1, 0.15) is 12.0 Å². The van der Waals surface area contributed by atoms with Crippen LogP contribution in [0.25, 0.3) is 0 Å². The lowest BCUT2D eigenvalue weighted by atomic mass is 9.74. The average molecular weight is 331 g/mol. The quantitative estimate of drug-likeness (QED) is 0.679. The number of hydrogen-bond donors (Lipinski definition) is 3. The second kappa shape index (κ2) is 7.55. The van der Waals surface area contributed by atoms with E-state index >= 15 is 0 Å². The molecule has 0 aromatic heterocycles. The van der Waals surface area contributed by atoms with Crippen molar-refractivity contribution in [1.29, 1.82) is 0 Å². The zero-order valence-electron chi connectivity index (χ0n) is 14.3. The van der Waals surface area contributed by atoms with Crippen LogP contribution in [-0.4, -0.2) is 30.7 Å². The van der Waals surface area contributed by atoms with Crippen molar-refractivity contribution in [3.63, 3.8) is 0 Å². The molecule has 2 rings (SSSR count). The molecule has 2 aromatic rings. The first-order chi connectivity index (χ1) is 11.4. The van der Waals surface area contributed by atoms with Gasteiger partial charge in [-0.15, -0.1) is 0 Å². The lowest BCUT2D eigenvalue weighted by Crippen LogP contribution is -2.34. The summed E-state index contributed by atoms with van der Waals surface area (Å²) in [5, 5.41) is 19.3. The van der Waals surface area contributed by atoms with Crippen LogP contribution in [0.2, 0.25) is 0 Å². The number of aliphatic hydroxyl groups is 1. The van der Waals surface area contributed by atoms with E-state index in [2.05, 4.69) is 0 Å². The van der Waals surface area contributed by atoms with E-state index in [1.165, 1.54) is 0 Å². The number of phenolic OH excluding ortho intramolecular Hbond substituents is 1. The topological polar surface area (TPSA) is 84.9 Å². The summed E-state index contributed by atoms with van der Waals surface area (Å²) in [7, 11) is 3.20. The third-order valence-corrected chi connectivity index (χ3v) is 4.27. The molecular weight excluding hydrogens is 306 g/mol. The Balaban J connectivity index is 2.37. The van der Waals surface area contributed by atoms with E-state index in [0.29, 0.717) is 24.3 Å². The molecule has 5 heteroatoms. The van der Waals surface area contributed by atoms with E-state index in [0.717, 1.165) is 11.1 Å². The van der Waals surface area contributed by atoms with Crippen LogP contribution in [0.3, 0.4) is 0 Å². The van der Waals surface area contributed by atoms with Crippen molar-refractivity contribution in [1.82, 2.24) is 0 Å². The first-order valence-corrected chi connectivity index (χ1v) is 7.82. The highest BCUT2D eigenvalue weighted by Gasteiger charge is 2.29. The molecule has 0 aliphatic heterocycles. The number of phenols is 1. The van der Waals surface area contributed by atoms with E-state index in [1.54, 1.807) is 26.4 Å². The van der Waals surface area contributed by atoms with Gasteiger partial charge in [0.05, 0.1) is 14.2 Å². The maximum atomic E-state index is 9.75. The number of hydrogen-bond acceptors (Lipinski definition) is 5. The molecular formula is C19H25NO4. The third-order valence-electron chi connectivity index (χ3n) is 4.27. The summed E-state index contributed by atoms with van der Waals surface area (Å²) in [5.74, 6) is 1.54. The first-order valence-electron chi connectivity index (χ1n) is 7.82. The summed E-state index contributed by atoms with van der Waals surface area (Å²) in [6, 6.07) is 12.8. The molecule has 2 aromatic carbocycles. The molecule has 0 amide bonds. The van der Waals surface area contributed by atoms with Crippen molar-refractivity contribution in [3.8, 4) is 17.2 Å². The molecule has 4 N–H and O–H groups in total. The zero-order valence-corrected chi connectivity index (χ0v) is 14.3. The summed E-state index contributed by atoms with van der Waals surface area (Å²) in [5.41, 5.74) is 7.32. The molecule has 130 valence electrons. The Morgan fingerprint density at radius 1 is 1.04 bits per heavy atom. The fourth-order valence-corrected chi connectivity index (χ4v) is 3.06. The standard InChI is InChI=1S/C19H25NO4/c1-19(12-18(20)22,14-5-7-15(21)8-6-14)11-13-4-9-16(23-2)17(10-13)24-3/h4-10,18,21-22H,11-12,20H2,1-3H3/t18-,19?/m1/s1. The monoisotopic (exact) mass is 331 g/mol. The molecule has 2 atom stereocenters. The largest absolute Gasteiger partial charge is 0.508 e. The summed E-state index contributed by atoms with van der Waals surface area (Å²) >= 11 is 0. The van der Waals surface area contributed by atoms with E-state index in [4.69, 9.17) is 15.2 Å². The third kappa shape index (κ3) is 4.19. The van der Waals surface area contributed by atoms with Crippen LogP contribution in [0.5, 0.6) is 17.2 Å². The van der Waals surface area contributed by atoms with Gasteiger partial charge in [0, 0.05) is 5.41 Å². The number of methoxy groups -OCH3 is 2. The Hall–Kier alpha value is -2.24. The Labute approximate surface area is 142 Å². The van der Waals surface area contributed by atoms with Crippen molar-refractivity contribution in [2.24, 2.45) is 5.73 Å². The minimum Gasteiger partial charge on any atom is -0.508 e. The van der Waals surface area contributed by atoms with Crippen LogP contribution >= 0.6 is 0 Å². The van der Waals surface area contributed by atoms with Crippen molar-refractivity contribution < 1.29 is 19.7 Å². The van der Waals surface area contributed by atoms with Gasteiger partial charge in [-0.2, -0.15) is 0 Å². The molecule has 0 bridgehead atoms. The fourth-order valence-electron chi connectivity index (χ4n) is 3.06. The first kappa shape index (κ1) is 18.1. The molecule has 0 aliphatic carbocycles. The molecule has 0 radical (unpaired) electrons. The number of aliphatic hydroxyl groups excluding tert-OH is 1. The summed E-state index contributed by atoms with van der Waals surface area (Å²) < 4.78 is 10.6. The second-order valence-corrected chi connectivity index (χ2v) is 6.25. The second-order valence-electron chi connectivity index (χ2n) is 6.25. The Morgan fingerprint density at radius 3 is 2.21 bits per heavy atom. The Bertz CT molecular complexity index is 670. The van der Waals surface area contributed by atoms with E-state index in [9.17, 15) is 10.2 Å². The molecule has 0 fully saturated rings. The summed E-state index contributed by atoms with van der Waals surface area (Å²) in [4.78, 5) is 0. The van der Waals surface area contributed by atoms with Gasteiger partial charge in [0.2, 0.25) is 0 Å². The predicted molar refractivity (Wildman–Crippen MR) is 93.5 cm³/mol. The molecule has 0 heterocycles. The SMILES string of the molecule is COc1ccc(CC(C)(C[C@H](N)O)c2ccc(O)cc2)cc1OC. The molecule has 24 heavy (non-hydrogen) atoms. The number of rotatable bonds is 7. The molecule has 0 aliphatic rings. The van der Waals surface area contributed by atoms with Crippen LogP contribution in [-0.2, 0) is 11.8 Å². The molecule has 1 unspecified atom stereocenters. The average Bonchev–Trinajstić information content (AvgIpc) is 2.54. The normalized spacial score (nSPS) is 14.7. The van der Waals surface area contributed by atoms with E-state index in [-0.39, 0.29) is 11.2 Å². The Morgan fingerprint density at radius 2 is 1.67 bits per heavy atom. The van der Waals surface area contributed by atoms with E-state index in [1.807, 2.05) is 37.3 Å². The smallest absolute Gasteiger partial charge is 0.160 e. The minimum absolute atomic E-state index is 0.209.